The van der Waals surface area contributed by atoms with Crippen molar-refractivity contribution in [2.45, 2.75) is 43.6 Å². The molecule has 0 bridgehead atoms. The van der Waals surface area contributed by atoms with Crippen LogP contribution in [0.25, 0.3) is 10.9 Å². The van der Waals surface area contributed by atoms with Gasteiger partial charge in [0.15, 0.2) is 0 Å². The fourth-order valence-corrected chi connectivity index (χ4v) is 4.27. The number of aromatic amines is 1. The number of aryl methyl sites for hydroxylation is 1. The maximum Gasteiger partial charge on any atom is 0.258 e. The van der Waals surface area contributed by atoms with Gasteiger partial charge >= 0.3 is 0 Å². The first kappa shape index (κ1) is 16.1. The third kappa shape index (κ3) is 3.58. The number of benzene rings is 1. The van der Waals surface area contributed by atoms with Crippen LogP contribution >= 0.6 is 11.8 Å². The Morgan fingerprint density at radius 1 is 1.35 bits per heavy atom. The molecule has 1 aliphatic rings. The molecule has 0 spiro atoms. The van der Waals surface area contributed by atoms with Gasteiger partial charge in [0.2, 0.25) is 5.91 Å². The zero-order valence-electron chi connectivity index (χ0n) is 13.2. The number of nitrogens with zero attached hydrogens (tertiary/aromatic N) is 1. The number of nitrogens with one attached hydrogen (secondary N) is 1. The Morgan fingerprint density at radius 2 is 2.09 bits per heavy atom. The number of fused-ring (bicyclic) bond motifs is 1. The van der Waals surface area contributed by atoms with Crippen molar-refractivity contribution >= 4 is 28.6 Å². The number of carbonyl (C=O) groups is 1. The van der Waals surface area contributed by atoms with Gasteiger partial charge in [-0.15, -0.1) is 0 Å². The molecule has 0 unspecified atom stereocenters. The SMILES string of the molecule is Cc1cccc2c(=O)[nH]c(CS[C@H]3CC[C@H](C(N)=O)CC3)nc12. The van der Waals surface area contributed by atoms with Crippen molar-refractivity contribution in [3.05, 3.63) is 39.9 Å². The predicted octanol–water partition coefficient (Wildman–Crippen LogP) is 2.51. The number of hydrogen-bond acceptors (Lipinski definition) is 4. The van der Waals surface area contributed by atoms with Gasteiger partial charge in [-0.25, -0.2) is 4.98 Å². The molecule has 5 nitrogen and oxygen atoms in total. The van der Waals surface area contributed by atoms with Gasteiger partial charge in [0, 0.05) is 11.2 Å². The van der Waals surface area contributed by atoms with Crippen molar-refractivity contribution in [3.63, 3.8) is 0 Å². The second kappa shape index (κ2) is 6.74. The molecule has 0 atom stereocenters. The molecule has 1 heterocycles. The zero-order valence-corrected chi connectivity index (χ0v) is 14.0. The van der Waals surface area contributed by atoms with Crippen LogP contribution in [0.5, 0.6) is 0 Å². The van der Waals surface area contributed by atoms with Gasteiger partial charge in [-0.2, -0.15) is 11.8 Å². The summed E-state index contributed by atoms with van der Waals surface area (Å²) in [5, 5.41) is 1.14. The Bertz CT molecular complexity index is 779. The summed E-state index contributed by atoms with van der Waals surface area (Å²) in [7, 11) is 0. The van der Waals surface area contributed by atoms with Crippen LogP contribution in [0.3, 0.4) is 0 Å². The highest BCUT2D eigenvalue weighted by atomic mass is 32.2. The highest BCUT2D eigenvalue weighted by molar-refractivity contribution is 7.99. The smallest absolute Gasteiger partial charge is 0.258 e. The van der Waals surface area contributed by atoms with Gasteiger partial charge in [0.25, 0.3) is 5.56 Å². The van der Waals surface area contributed by atoms with Crippen molar-refractivity contribution < 1.29 is 4.79 Å². The molecule has 122 valence electrons. The van der Waals surface area contributed by atoms with Crippen LogP contribution in [0.1, 0.15) is 37.1 Å². The van der Waals surface area contributed by atoms with E-state index in [-0.39, 0.29) is 17.4 Å². The standard InChI is InChI=1S/C17H21N3O2S/c1-10-3-2-4-13-15(10)19-14(20-17(13)22)9-23-12-7-5-11(6-8-12)16(18)21/h2-4,11-12H,5-9H2,1H3,(H2,18,21)(H,19,20,22)/t11-,12-. The highest BCUT2D eigenvalue weighted by Gasteiger charge is 2.25. The number of primary amides is 1. The average Bonchev–Trinajstić information content (AvgIpc) is 2.54. The topological polar surface area (TPSA) is 88.8 Å². The summed E-state index contributed by atoms with van der Waals surface area (Å²) in [6.45, 7) is 1.97. The van der Waals surface area contributed by atoms with Crippen LogP contribution in [0, 0.1) is 12.8 Å². The molecule has 2 aromatic rings. The zero-order chi connectivity index (χ0) is 16.4. The summed E-state index contributed by atoms with van der Waals surface area (Å²) in [6, 6.07) is 5.65. The predicted molar refractivity (Wildman–Crippen MR) is 93.3 cm³/mol. The number of amides is 1. The number of hydrogen-bond donors (Lipinski definition) is 2. The highest BCUT2D eigenvalue weighted by Crippen LogP contribution is 2.33. The minimum atomic E-state index is -0.176. The summed E-state index contributed by atoms with van der Waals surface area (Å²) >= 11 is 1.80. The molecule has 1 aromatic carbocycles. The Labute approximate surface area is 139 Å². The van der Waals surface area contributed by atoms with Crippen molar-refractivity contribution in [2.24, 2.45) is 11.7 Å². The van der Waals surface area contributed by atoms with Crippen molar-refractivity contribution in [2.75, 3.05) is 0 Å². The van der Waals surface area contributed by atoms with Gasteiger partial charge in [0.1, 0.15) is 5.82 Å². The van der Waals surface area contributed by atoms with E-state index >= 15 is 0 Å². The third-order valence-electron chi connectivity index (χ3n) is 4.52. The second-order valence-corrected chi connectivity index (χ2v) is 7.46. The molecule has 1 amide bonds. The number of H-pyrrole nitrogens is 1. The average molecular weight is 331 g/mol. The van der Waals surface area contributed by atoms with Crippen LogP contribution in [-0.2, 0) is 10.5 Å². The van der Waals surface area contributed by atoms with Crippen molar-refractivity contribution in [1.82, 2.24) is 9.97 Å². The summed E-state index contributed by atoms with van der Waals surface area (Å²) in [6.07, 6.45) is 3.73. The van der Waals surface area contributed by atoms with E-state index in [1.807, 2.05) is 19.1 Å². The number of rotatable bonds is 4. The van der Waals surface area contributed by atoms with E-state index in [4.69, 9.17) is 5.73 Å². The minimum absolute atomic E-state index is 0.0353. The molecule has 23 heavy (non-hydrogen) atoms. The Hall–Kier alpha value is -1.82. The largest absolute Gasteiger partial charge is 0.369 e. The molecule has 0 aliphatic heterocycles. The minimum Gasteiger partial charge on any atom is -0.369 e. The Morgan fingerprint density at radius 3 is 2.78 bits per heavy atom. The first-order valence-corrected chi connectivity index (χ1v) is 8.99. The van der Waals surface area contributed by atoms with Gasteiger partial charge in [-0.05, 0) is 44.2 Å². The first-order chi connectivity index (χ1) is 11.0. The lowest BCUT2D eigenvalue weighted by molar-refractivity contribution is -0.122. The number of para-hydroxylation sites is 1. The molecule has 6 heteroatoms. The Kier molecular flexibility index (Phi) is 4.71. The molecule has 1 fully saturated rings. The van der Waals surface area contributed by atoms with E-state index in [2.05, 4.69) is 9.97 Å². The first-order valence-electron chi connectivity index (χ1n) is 7.94. The van der Waals surface area contributed by atoms with Crippen molar-refractivity contribution in [1.29, 1.82) is 0 Å². The summed E-state index contributed by atoms with van der Waals surface area (Å²) in [5.41, 5.74) is 7.09. The van der Waals surface area contributed by atoms with Crippen LogP contribution in [0.15, 0.2) is 23.0 Å². The lowest BCUT2D eigenvalue weighted by atomic mass is 9.88. The van der Waals surface area contributed by atoms with E-state index in [1.54, 1.807) is 17.8 Å². The monoisotopic (exact) mass is 331 g/mol. The van der Waals surface area contributed by atoms with E-state index < -0.39 is 0 Å². The Balaban J connectivity index is 1.67. The lowest BCUT2D eigenvalue weighted by Gasteiger charge is -2.26. The van der Waals surface area contributed by atoms with Crippen LogP contribution < -0.4 is 11.3 Å². The maximum absolute atomic E-state index is 12.2. The maximum atomic E-state index is 12.2. The molecular weight excluding hydrogens is 310 g/mol. The normalized spacial score (nSPS) is 21.4. The molecule has 1 saturated carbocycles. The number of carbonyl (C=O) groups excluding carboxylic acids is 1. The summed E-state index contributed by atoms with van der Waals surface area (Å²) < 4.78 is 0. The lowest BCUT2D eigenvalue weighted by Crippen LogP contribution is -2.28. The van der Waals surface area contributed by atoms with E-state index in [0.717, 1.165) is 42.6 Å². The molecule has 3 N–H and O–H groups in total. The quantitative estimate of drug-likeness (QED) is 0.901. The van der Waals surface area contributed by atoms with Gasteiger partial charge < -0.3 is 10.7 Å². The van der Waals surface area contributed by atoms with E-state index in [0.29, 0.717) is 16.4 Å². The van der Waals surface area contributed by atoms with E-state index in [1.165, 1.54) is 0 Å². The molecule has 1 aromatic heterocycles. The number of aromatic nitrogens is 2. The third-order valence-corrected chi connectivity index (χ3v) is 5.90. The molecule has 3 rings (SSSR count). The summed E-state index contributed by atoms with van der Waals surface area (Å²) in [5.74, 6) is 1.27. The van der Waals surface area contributed by atoms with Gasteiger partial charge in [-0.1, -0.05) is 12.1 Å². The fourth-order valence-electron chi connectivity index (χ4n) is 3.13. The molecule has 1 aliphatic carbocycles. The molecule has 0 saturated heterocycles. The van der Waals surface area contributed by atoms with Gasteiger partial charge in [-0.3, -0.25) is 9.59 Å². The fraction of sp³-hybridized carbons (Fsp3) is 0.471. The van der Waals surface area contributed by atoms with E-state index in [9.17, 15) is 9.59 Å². The number of nitrogens with two attached hydrogens (primary N) is 1. The summed E-state index contributed by atoms with van der Waals surface area (Å²) in [4.78, 5) is 30.9. The van der Waals surface area contributed by atoms with Crippen LogP contribution in [0.4, 0.5) is 0 Å². The molecular formula is C17H21N3O2S. The van der Waals surface area contributed by atoms with Crippen LogP contribution in [0.2, 0.25) is 0 Å². The van der Waals surface area contributed by atoms with Gasteiger partial charge in [0.05, 0.1) is 16.7 Å². The second-order valence-electron chi connectivity index (χ2n) is 6.17. The van der Waals surface area contributed by atoms with Crippen LogP contribution in [-0.4, -0.2) is 21.1 Å². The number of thioether (sulfide) groups is 1. The van der Waals surface area contributed by atoms with Crippen molar-refractivity contribution in [3.8, 4) is 0 Å². The molecule has 0 radical (unpaired) electrons.